The summed E-state index contributed by atoms with van der Waals surface area (Å²) < 4.78 is 47.4. The SMILES string of the molecule is Cc1ccc(C)n1-c1cc(C(F)(F)F)n([C@H]2COCC2O)n1. The second-order valence-corrected chi connectivity index (χ2v) is 5.45. The highest BCUT2D eigenvalue weighted by molar-refractivity contribution is 5.34. The highest BCUT2D eigenvalue weighted by Crippen LogP contribution is 2.34. The van der Waals surface area contributed by atoms with E-state index in [1.54, 1.807) is 18.4 Å². The third-order valence-corrected chi connectivity index (χ3v) is 3.85. The van der Waals surface area contributed by atoms with Crippen molar-refractivity contribution < 1.29 is 23.0 Å². The highest BCUT2D eigenvalue weighted by Gasteiger charge is 2.41. The van der Waals surface area contributed by atoms with Crippen LogP contribution in [-0.4, -0.2) is 38.8 Å². The lowest BCUT2D eigenvalue weighted by Gasteiger charge is -2.17. The van der Waals surface area contributed by atoms with Crippen LogP contribution in [0.5, 0.6) is 0 Å². The Hall–Kier alpha value is -1.80. The molecule has 120 valence electrons. The maximum absolute atomic E-state index is 13.3. The Morgan fingerprint density at radius 1 is 1.23 bits per heavy atom. The molecule has 0 bridgehead atoms. The van der Waals surface area contributed by atoms with Gasteiger partial charge in [0.25, 0.3) is 0 Å². The van der Waals surface area contributed by atoms with Crippen molar-refractivity contribution in [2.75, 3.05) is 13.2 Å². The van der Waals surface area contributed by atoms with Crippen LogP contribution in [0.1, 0.15) is 23.1 Å². The van der Waals surface area contributed by atoms with Crippen molar-refractivity contribution in [3.05, 3.63) is 35.3 Å². The fourth-order valence-electron chi connectivity index (χ4n) is 2.75. The molecule has 1 unspecified atom stereocenters. The summed E-state index contributed by atoms with van der Waals surface area (Å²) in [5.74, 6) is 0.187. The number of hydrogen-bond acceptors (Lipinski definition) is 3. The summed E-state index contributed by atoms with van der Waals surface area (Å²) in [4.78, 5) is 0. The number of aromatic nitrogens is 3. The van der Waals surface area contributed by atoms with E-state index in [9.17, 15) is 18.3 Å². The first-order valence-corrected chi connectivity index (χ1v) is 6.87. The molecule has 5 nitrogen and oxygen atoms in total. The first kappa shape index (κ1) is 15.1. The van der Waals surface area contributed by atoms with Gasteiger partial charge in [0.15, 0.2) is 5.82 Å². The van der Waals surface area contributed by atoms with Crippen molar-refractivity contribution in [1.82, 2.24) is 14.3 Å². The van der Waals surface area contributed by atoms with Gasteiger partial charge < -0.3 is 14.4 Å². The van der Waals surface area contributed by atoms with E-state index in [0.29, 0.717) is 0 Å². The molecule has 0 aliphatic carbocycles. The number of aliphatic hydroxyl groups excluding tert-OH is 1. The van der Waals surface area contributed by atoms with Gasteiger partial charge in [0.05, 0.1) is 13.2 Å². The Kier molecular flexibility index (Phi) is 3.53. The summed E-state index contributed by atoms with van der Waals surface area (Å²) >= 11 is 0. The lowest BCUT2D eigenvalue weighted by Crippen LogP contribution is -2.27. The summed E-state index contributed by atoms with van der Waals surface area (Å²) in [7, 11) is 0. The quantitative estimate of drug-likeness (QED) is 0.925. The zero-order valence-electron chi connectivity index (χ0n) is 12.1. The van der Waals surface area contributed by atoms with Crippen molar-refractivity contribution in [1.29, 1.82) is 0 Å². The Bertz CT molecular complexity index is 671. The normalized spacial score (nSPS) is 22.5. The maximum Gasteiger partial charge on any atom is 0.433 e. The number of nitrogens with zero attached hydrogens (tertiary/aromatic N) is 3. The predicted molar refractivity (Wildman–Crippen MR) is 71.9 cm³/mol. The van der Waals surface area contributed by atoms with Gasteiger partial charge in [-0.05, 0) is 26.0 Å². The van der Waals surface area contributed by atoms with Crippen LogP contribution < -0.4 is 0 Å². The molecule has 2 atom stereocenters. The second-order valence-electron chi connectivity index (χ2n) is 5.45. The molecular weight excluding hydrogens is 299 g/mol. The summed E-state index contributed by atoms with van der Waals surface area (Å²) in [5.41, 5.74) is 0.697. The molecule has 22 heavy (non-hydrogen) atoms. The third-order valence-electron chi connectivity index (χ3n) is 3.85. The molecule has 3 rings (SSSR count). The zero-order chi connectivity index (χ0) is 16.1. The zero-order valence-corrected chi connectivity index (χ0v) is 12.1. The molecule has 0 radical (unpaired) electrons. The third kappa shape index (κ3) is 2.42. The lowest BCUT2D eigenvalue weighted by atomic mass is 10.2. The van der Waals surface area contributed by atoms with Gasteiger partial charge in [-0.2, -0.15) is 18.3 Å². The largest absolute Gasteiger partial charge is 0.433 e. The van der Waals surface area contributed by atoms with Gasteiger partial charge >= 0.3 is 6.18 Å². The number of rotatable bonds is 2. The minimum absolute atomic E-state index is 0.00894. The first-order valence-electron chi connectivity index (χ1n) is 6.87. The molecule has 1 saturated heterocycles. The monoisotopic (exact) mass is 315 g/mol. The molecule has 2 aromatic heterocycles. The standard InChI is InChI=1S/C14H16F3N3O2/c1-8-3-4-9(2)19(8)13-5-12(14(15,16)17)20(18-13)10-6-22-7-11(10)21/h3-5,10-11,21H,6-7H2,1-2H3/t10-,11?/m0/s1. The number of hydrogen-bond donors (Lipinski definition) is 1. The number of aryl methyl sites for hydroxylation is 2. The molecule has 0 amide bonds. The average molecular weight is 315 g/mol. The predicted octanol–water partition coefficient (Wildman–Crippen LogP) is 2.24. The summed E-state index contributed by atoms with van der Waals surface area (Å²) in [5, 5.41) is 13.9. The van der Waals surface area contributed by atoms with Crippen LogP contribution >= 0.6 is 0 Å². The van der Waals surface area contributed by atoms with Crippen LogP contribution in [0.4, 0.5) is 13.2 Å². The molecule has 0 aromatic carbocycles. The van der Waals surface area contributed by atoms with Gasteiger partial charge in [-0.25, -0.2) is 0 Å². The van der Waals surface area contributed by atoms with Crippen LogP contribution in [0, 0.1) is 13.8 Å². The van der Waals surface area contributed by atoms with Crippen LogP contribution in [0.2, 0.25) is 0 Å². The molecule has 1 N–H and O–H groups in total. The lowest BCUT2D eigenvalue weighted by molar-refractivity contribution is -0.145. The topological polar surface area (TPSA) is 52.2 Å². The maximum atomic E-state index is 13.3. The molecule has 1 aliphatic heterocycles. The van der Waals surface area contributed by atoms with Crippen LogP contribution in [-0.2, 0) is 10.9 Å². The molecule has 1 aliphatic rings. The smallest absolute Gasteiger partial charge is 0.388 e. The number of aliphatic hydroxyl groups is 1. The molecule has 1 fully saturated rings. The van der Waals surface area contributed by atoms with E-state index in [1.807, 2.05) is 12.1 Å². The fraction of sp³-hybridized carbons (Fsp3) is 0.500. The van der Waals surface area contributed by atoms with Gasteiger partial charge in [-0.15, -0.1) is 0 Å². The van der Waals surface area contributed by atoms with E-state index in [1.165, 1.54) is 0 Å². The molecule has 0 saturated carbocycles. The Labute approximate surface area is 124 Å². The Morgan fingerprint density at radius 3 is 2.36 bits per heavy atom. The van der Waals surface area contributed by atoms with E-state index in [2.05, 4.69) is 5.10 Å². The fourth-order valence-corrected chi connectivity index (χ4v) is 2.75. The van der Waals surface area contributed by atoms with Crippen LogP contribution in [0.15, 0.2) is 18.2 Å². The van der Waals surface area contributed by atoms with Crippen molar-refractivity contribution in [2.24, 2.45) is 0 Å². The van der Waals surface area contributed by atoms with Gasteiger partial charge in [-0.1, -0.05) is 0 Å². The second kappa shape index (κ2) is 5.13. The van der Waals surface area contributed by atoms with Crippen LogP contribution in [0.25, 0.3) is 5.82 Å². The van der Waals surface area contributed by atoms with Crippen molar-refractivity contribution >= 4 is 0 Å². The van der Waals surface area contributed by atoms with E-state index >= 15 is 0 Å². The van der Waals surface area contributed by atoms with Crippen molar-refractivity contribution in [2.45, 2.75) is 32.2 Å². The summed E-state index contributed by atoms with van der Waals surface area (Å²) in [6.45, 7) is 3.62. The molecule has 8 heteroatoms. The van der Waals surface area contributed by atoms with Gasteiger partial charge in [-0.3, -0.25) is 4.68 Å². The van der Waals surface area contributed by atoms with Crippen LogP contribution in [0.3, 0.4) is 0 Å². The van der Waals surface area contributed by atoms with Crippen molar-refractivity contribution in [3.8, 4) is 5.82 Å². The molecular formula is C14H16F3N3O2. The molecule has 3 heterocycles. The Balaban J connectivity index is 2.13. The number of alkyl halides is 3. The van der Waals surface area contributed by atoms with Gasteiger partial charge in [0.2, 0.25) is 0 Å². The minimum Gasteiger partial charge on any atom is -0.388 e. The van der Waals surface area contributed by atoms with Gasteiger partial charge in [0.1, 0.15) is 17.8 Å². The first-order chi connectivity index (χ1) is 10.3. The van der Waals surface area contributed by atoms with Crippen molar-refractivity contribution in [3.63, 3.8) is 0 Å². The van der Waals surface area contributed by atoms with E-state index < -0.39 is 24.0 Å². The number of halogens is 3. The average Bonchev–Trinajstić information content (AvgIpc) is 3.08. The van der Waals surface area contributed by atoms with E-state index in [0.717, 1.165) is 22.1 Å². The highest BCUT2D eigenvalue weighted by atomic mass is 19.4. The summed E-state index contributed by atoms with van der Waals surface area (Å²) in [6.07, 6.45) is -5.55. The van der Waals surface area contributed by atoms with E-state index in [4.69, 9.17) is 4.74 Å². The minimum atomic E-state index is -4.55. The molecule has 0 spiro atoms. The molecule has 2 aromatic rings. The number of ether oxygens (including phenoxy) is 1. The summed E-state index contributed by atoms with van der Waals surface area (Å²) in [6, 6.07) is 3.80. The van der Waals surface area contributed by atoms with E-state index in [-0.39, 0.29) is 19.0 Å². The Morgan fingerprint density at radius 2 is 1.86 bits per heavy atom. The van der Waals surface area contributed by atoms with Gasteiger partial charge in [0, 0.05) is 17.5 Å².